The summed E-state index contributed by atoms with van der Waals surface area (Å²) in [6, 6.07) is 23.9. The number of aliphatic carboxylic acids is 1. The largest absolute Gasteiger partial charge is 0.481 e. The minimum atomic E-state index is -0.819. The molecule has 1 aromatic heterocycles. The number of hydrogen-bond donors (Lipinski definition) is 2. The number of rotatable bonds is 12. The number of piperidine rings is 1. The molecule has 1 saturated heterocycles. The van der Waals surface area contributed by atoms with Gasteiger partial charge in [-0.2, -0.15) is 11.8 Å². The lowest BCUT2D eigenvalue weighted by molar-refractivity contribution is -0.136. The van der Waals surface area contributed by atoms with Gasteiger partial charge in [-0.15, -0.1) is 0 Å². The highest BCUT2D eigenvalue weighted by Crippen LogP contribution is 2.35. The van der Waals surface area contributed by atoms with Gasteiger partial charge in [0.25, 0.3) is 5.91 Å². The Balaban J connectivity index is 1.41. The smallest absolute Gasteiger partial charge is 0.304 e. The summed E-state index contributed by atoms with van der Waals surface area (Å²) >= 11 is 1.52. The van der Waals surface area contributed by atoms with Crippen molar-refractivity contribution in [2.75, 3.05) is 29.1 Å². The van der Waals surface area contributed by atoms with Crippen molar-refractivity contribution in [3.63, 3.8) is 0 Å². The molecule has 0 bridgehead atoms. The van der Waals surface area contributed by atoms with Crippen LogP contribution in [0.1, 0.15) is 47.2 Å². The van der Waals surface area contributed by atoms with Crippen LogP contribution in [0.2, 0.25) is 0 Å². The molecule has 0 atom stereocenters. The van der Waals surface area contributed by atoms with E-state index >= 15 is 0 Å². The van der Waals surface area contributed by atoms with Crippen LogP contribution in [0.25, 0.3) is 11.3 Å². The van der Waals surface area contributed by atoms with Crippen molar-refractivity contribution >= 4 is 35.0 Å². The second-order valence-electron chi connectivity index (χ2n) is 10.4. The van der Waals surface area contributed by atoms with Crippen molar-refractivity contribution in [1.82, 2.24) is 4.98 Å². The van der Waals surface area contributed by atoms with Crippen molar-refractivity contribution in [3.8, 4) is 22.8 Å². The number of amides is 1. The van der Waals surface area contributed by atoms with Crippen molar-refractivity contribution in [3.05, 3.63) is 102 Å². The number of benzene rings is 3. The number of thioether (sulfide) groups is 1. The third kappa shape index (κ3) is 8.35. The number of carboxylic acid groups (broad SMARTS) is 1. The van der Waals surface area contributed by atoms with Crippen molar-refractivity contribution < 1.29 is 23.8 Å². The van der Waals surface area contributed by atoms with Crippen LogP contribution in [0.4, 0.5) is 15.8 Å². The van der Waals surface area contributed by atoms with Gasteiger partial charge in [-0.3, -0.25) is 14.6 Å². The minimum absolute atomic E-state index is 0.103. The van der Waals surface area contributed by atoms with Gasteiger partial charge in [0.1, 0.15) is 18.2 Å². The molecule has 4 aromatic rings. The lowest BCUT2D eigenvalue weighted by Crippen LogP contribution is -2.29. The molecule has 1 aliphatic heterocycles. The van der Waals surface area contributed by atoms with Crippen LogP contribution in [-0.4, -0.2) is 40.8 Å². The zero-order valence-corrected chi connectivity index (χ0v) is 24.6. The summed E-state index contributed by atoms with van der Waals surface area (Å²) in [5, 5.41) is 12.0. The zero-order chi connectivity index (χ0) is 30.0. The van der Waals surface area contributed by atoms with Crippen molar-refractivity contribution in [2.45, 2.75) is 38.1 Å². The number of alkyl halides is 1. The van der Waals surface area contributed by atoms with Crippen molar-refractivity contribution in [1.29, 1.82) is 0 Å². The maximum atomic E-state index is 13.4. The Labute approximate surface area is 255 Å². The molecule has 3 aromatic carbocycles. The van der Waals surface area contributed by atoms with Gasteiger partial charge in [-0.05, 0) is 78.9 Å². The van der Waals surface area contributed by atoms with Crippen molar-refractivity contribution in [2.24, 2.45) is 0 Å². The molecule has 7 nitrogen and oxygen atoms in total. The number of halogens is 1. The first kappa shape index (κ1) is 30.1. The maximum absolute atomic E-state index is 13.4. The summed E-state index contributed by atoms with van der Waals surface area (Å²) in [5.74, 6) is 1.14. The number of anilines is 2. The normalized spacial score (nSPS) is 13.0. The number of ether oxygens (including phenoxy) is 1. The fraction of sp³-hybridized carbons (Fsp3) is 0.265. The van der Waals surface area contributed by atoms with E-state index in [0.29, 0.717) is 45.5 Å². The highest BCUT2D eigenvalue weighted by molar-refractivity contribution is 7.98. The summed E-state index contributed by atoms with van der Waals surface area (Å²) in [5.41, 5.74) is 5.09. The van der Waals surface area contributed by atoms with Gasteiger partial charge in [0.15, 0.2) is 0 Å². The van der Waals surface area contributed by atoms with Crippen LogP contribution in [0, 0.1) is 0 Å². The molecule has 1 amide bonds. The topological polar surface area (TPSA) is 91.8 Å². The van der Waals surface area contributed by atoms with Crippen LogP contribution < -0.4 is 15.0 Å². The van der Waals surface area contributed by atoms with Crippen LogP contribution in [0.3, 0.4) is 0 Å². The van der Waals surface area contributed by atoms with E-state index in [1.54, 1.807) is 42.6 Å². The summed E-state index contributed by atoms with van der Waals surface area (Å²) in [6.45, 7) is 1.38. The number of nitrogens with zero attached hydrogens (tertiary/aromatic N) is 2. The SMILES string of the molecule is O=C(O)CCSCc1cccc(C(=O)Nc2ccc(N3CCCCC3)cc2-c2cc(Oc3cccc(CF)c3)ccn2)c1. The first-order chi connectivity index (χ1) is 21.0. The molecule has 0 spiro atoms. The van der Waals surface area contributed by atoms with E-state index in [9.17, 15) is 14.0 Å². The molecule has 2 heterocycles. The molecular weight excluding hydrogens is 565 g/mol. The highest BCUT2D eigenvalue weighted by atomic mass is 32.2. The maximum Gasteiger partial charge on any atom is 0.304 e. The fourth-order valence-corrected chi connectivity index (χ4v) is 5.88. The van der Waals surface area contributed by atoms with E-state index < -0.39 is 12.6 Å². The Morgan fingerprint density at radius 3 is 2.53 bits per heavy atom. The minimum Gasteiger partial charge on any atom is -0.481 e. The first-order valence-electron chi connectivity index (χ1n) is 14.4. The summed E-state index contributed by atoms with van der Waals surface area (Å²) < 4.78 is 19.2. The molecule has 1 aliphatic rings. The predicted molar refractivity (Wildman–Crippen MR) is 170 cm³/mol. The predicted octanol–water partition coefficient (Wildman–Crippen LogP) is 7.96. The number of hydrogen-bond acceptors (Lipinski definition) is 6. The molecule has 9 heteroatoms. The highest BCUT2D eigenvalue weighted by Gasteiger charge is 2.17. The van der Waals surface area contributed by atoms with E-state index in [1.807, 2.05) is 36.4 Å². The van der Waals surface area contributed by atoms with Gasteiger partial charge < -0.3 is 20.1 Å². The molecule has 2 N–H and O–H groups in total. The van der Waals surface area contributed by atoms with Crippen LogP contribution in [0.5, 0.6) is 11.5 Å². The molecule has 0 saturated carbocycles. The van der Waals surface area contributed by atoms with E-state index in [-0.39, 0.29) is 12.3 Å². The summed E-state index contributed by atoms with van der Waals surface area (Å²) in [4.78, 5) is 31.2. The van der Waals surface area contributed by atoms with E-state index in [0.717, 1.165) is 42.7 Å². The number of carboxylic acids is 1. The second kappa shape index (κ2) is 14.7. The van der Waals surface area contributed by atoms with E-state index in [4.69, 9.17) is 9.84 Å². The third-order valence-corrected chi connectivity index (χ3v) is 8.22. The Morgan fingerprint density at radius 1 is 0.930 bits per heavy atom. The molecular formula is C34H34FN3O4S. The zero-order valence-electron chi connectivity index (χ0n) is 23.8. The van der Waals surface area contributed by atoms with Crippen LogP contribution in [0.15, 0.2) is 85.1 Å². The second-order valence-corrected chi connectivity index (χ2v) is 11.5. The molecule has 5 rings (SSSR count). The number of pyridine rings is 1. The van der Waals surface area contributed by atoms with Gasteiger partial charge in [-0.25, -0.2) is 4.39 Å². The average molecular weight is 600 g/mol. The Kier molecular flexibility index (Phi) is 10.3. The average Bonchev–Trinajstić information content (AvgIpc) is 3.04. The number of aromatic nitrogens is 1. The third-order valence-electron chi connectivity index (χ3n) is 7.19. The Morgan fingerprint density at radius 2 is 1.72 bits per heavy atom. The van der Waals surface area contributed by atoms with E-state index in [1.165, 1.54) is 18.2 Å². The van der Waals surface area contributed by atoms with Crippen LogP contribution >= 0.6 is 11.8 Å². The number of nitrogens with one attached hydrogen (secondary N) is 1. The molecule has 0 aliphatic carbocycles. The summed E-state index contributed by atoms with van der Waals surface area (Å²) in [7, 11) is 0. The standard InChI is InChI=1S/C34H34FN3O4S/c35-22-24-6-5-9-28(19-24)42-29-12-14-36-32(21-29)30-20-27(38-15-2-1-3-16-38)10-11-31(30)37-34(41)26-8-4-7-25(18-26)23-43-17-13-33(39)40/h4-12,14,18-21H,1-3,13,15-17,22-23H2,(H,37,41)(H,39,40). The Bertz CT molecular complexity index is 1580. The first-order valence-corrected chi connectivity index (χ1v) is 15.5. The quantitative estimate of drug-likeness (QED) is 0.160. The molecule has 222 valence electrons. The number of carbonyl (C=O) groups is 2. The van der Waals surface area contributed by atoms with Gasteiger partial charge in [-0.1, -0.05) is 24.3 Å². The van der Waals surface area contributed by atoms with Gasteiger partial charge in [0.05, 0.1) is 17.8 Å². The van der Waals surface area contributed by atoms with Gasteiger partial charge >= 0.3 is 5.97 Å². The lowest BCUT2D eigenvalue weighted by atomic mass is 10.0. The number of carbonyl (C=O) groups excluding carboxylic acids is 1. The van der Waals surface area contributed by atoms with Gasteiger partial charge in [0.2, 0.25) is 0 Å². The molecule has 0 radical (unpaired) electrons. The van der Waals surface area contributed by atoms with Crippen LogP contribution in [-0.2, 0) is 17.2 Å². The lowest BCUT2D eigenvalue weighted by Gasteiger charge is -2.29. The van der Waals surface area contributed by atoms with Gasteiger partial charge in [0, 0.05) is 53.7 Å². The Hall–Kier alpha value is -4.37. The van der Waals surface area contributed by atoms with E-state index in [2.05, 4.69) is 21.3 Å². The summed E-state index contributed by atoms with van der Waals surface area (Å²) in [6.07, 6.45) is 5.26. The fourth-order valence-electron chi connectivity index (χ4n) is 5.00. The molecule has 0 unspecified atom stereocenters. The molecule has 1 fully saturated rings. The monoisotopic (exact) mass is 599 g/mol. The molecule has 43 heavy (non-hydrogen) atoms.